The van der Waals surface area contributed by atoms with Gasteiger partial charge in [0, 0.05) is 0 Å². The third kappa shape index (κ3) is 3.08. The lowest BCUT2D eigenvalue weighted by Crippen LogP contribution is -2.19. The summed E-state index contributed by atoms with van der Waals surface area (Å²) in [6.45, 7) is 6.71. The van der Waals surface area contributed by atoms with E-state index in [2.05, 4.69) is 6.92 Å². The van der Waals surface area contributed by atoms with Gasteiger partial charge >= 0.3 is 7.75 Å². The maximum absolute atomic E-state index is 12.4. The number of hydrogen-bond acceptors (Lipinski definition) is 4. The zero-order valence-corrected chi connectivity index (χ0v) is 11.0. The number of rotatable bonds is 7. The summed E-state index contributed by atoms with van der Waals surface area (Å²) in [4.78, 5) is 6.64. The quantitative estimate of drug-likeness (QED) is 0.649. The third-order valence-corrected chi connectivity index (χ3v) is 4.06. The van der Waals surface area contributed by atoms with E-state index >= 15 is 0 Å². The summed E-state index contributed by atoms with van der Waals surface area (Å²) in [5, 5.41) is 0. The zero-order valence-electron chi connectivity index (χ0n) is 10.1. The van der Waals surface area contributed by atoms with E-state index in [0.29, 0.717) is 19.8 Å². The highest BCUT2D eigenvalue weighted by molar-refractivity contribution is 7.51. The molecule has 0 N–H and O–H groups in total. The van der Waals surface area contributed by atoms with Crippen LogP contribution in [0.15, 0.2) is 11.8 Å². The summed E-state index contributed by atoms with van der Waals surface area (Å²) >= 11 is 0. The molecule has 0 fully saturated rings. The first-order chi connectivity index (χ1) is 7.68. The standard InChI is InChI=1S/C10H20NO4P/c1-4-7-10-8-9-13-11(10)16(12,14-5-2)15-6-3/h8H,4-7,9H2,1-3H3. The highest BCUT2D eigenvalue weighted by Crippen LogP contribution is 2.55. The second-order valence-electron chi connectivity index (χ2n) is 3.32. The molecular formula is C10H20NO4P. The summed E-state index contributed by atoms with van der Waals surface area (Å²) in [6.07, 6.45) is 3.68. The van der Waals surface area contributed by atoms with Crippen LogP contribution in [0.1, 0.15) is 33.6 Å². The summed E-state index contributed by atoms with van der Waals surface area (Å²) < 4.78 is 22.9. The SMILES string of the molecule is CCCC1=CCON1P(=O)(OCC)OCC. The maximum Gasteiger partial charge on any atom is 0.458 e. The van der Waals surface area contributed by atoms with Crippen LogP contribution in [0.25, 0.3) is 0 Å². The second-order valence-corrected chi connectivity index (χ2v) is 5.14. The molecule has 0 aromatic carbocycles. The molecule has 0 spiro atoms. The van der Waals surface area contributed by atoms with Gasteiger partial charge in [0.15, 0.2) is 0 Å². The molecule has 0 aromatic heterocycles. The van der Waals surface area contributed by atoms with Gasteiger partial charge in [0.25, 0.3) is 0 Å². The molecule has 1 aliphatic heterocycles. The molecule has 1 rings (SSSR count). The Morgan fingerprint density at radius 2 is 2.00 bits per heavy atom. The van der Waals surface area contributed by atoms with Crippen molar-refractivity contribution in [3.63, 3.8) is 0 Å². The molecule has 0 aliphatic carbocycles. The van der Waals surface area contributed by atoms with Crippen LogP contribution in [0.5, 0.6) is 0 Å². The molecule has 1 aliphatic rings. The van der Waals surface area contributed by atoms with E-state index < -0.39 is 7.75 Å². The van der Waals surface area contributed by atoms with Crippen LogP contribution in [0, 0.1) is 0 Å². The molecule has 94 valence electrons. The van der Waals surface area contributed by atoms with Crippen LogP contribution >= 0.6 is 7.75 Å². The number of nitrogens with zero attached hydrogens (tertiary/aromatic N) is 1. The van der Waals surface area contributed by atoms with Crippen molar-refractivity contribution in [2.75, 3.05) is 19.8 Å². The van der Waals surface area contributed by atoms with Gasteiger partial charge in [-0.3, -0.25) is 13.9 Å². The van der Waals surface area contributed by atoms with Gasteiger partial charge in [0.1, 0.15) is 0 Å². The van der Waals surface area contributed by atoms with Gasteiger partial charge in [-0.25, -0.2) is 4.57 Å². The summed E-state index contributed by atoms with van der Waals surface area (Å²) in [5.74, 6) is 0. The number of hydrogen-bond donors (Lipinski definition) is 0. The summed E-state index contributed by atoms with van der Waals surface area (Å²) in [5.41, 5.74) is 0.882. The largest absolute Gasteiger partial charge is 0.458 e. The van der Waals surface area contributed by atoms with Crippen molar-refractivity contribution < 1.29 is 18.5 Å². The van der Waals surface area contributed by atoms with E-state index in [1.165, 1.54) is 4.83 Å². The smallest absolute Gasteiger partial charge is 0.291 e. The first-order valence-corrected chi connectivity index (χ1v) is 7.19. The molecule has 6 heteroatoms. The third-order valence-electron chi connectivity index (χ3n) is 2.07. The van der Waals surface area contributed by atoms with E-state index in [1.807, 2.05) is 6.08 Å². The fourth-order valence-electron chi connectivity index (χ4n) is 1.52. The topological polar surface area (TPSA) is 48.0 Å². The summed E-state index contributed by atoms with van der Waals surface area (Å²) in [7, 11) is -3.31. The lowest BCUT2D eigenvalue weighted by atomic mass is 10.2. The van der Waals surface area contributed by atoms with Crippen LogP contribution in [-0.2, 0) is 18.5 Å². The molecule has 0 atom stereocenters. The lowest BCUT2D eigenvalue weighted by Gasteiger charge is -2.27. The van der Waals surface area contributed by atoms with E-state index in [1.54, 1.807) is 13.8 Å². The number of allylic oxidation sites excluding steroid dienone is 1. The van der Waals surface area contributed by atoms with Gasteiger partial charge in [-0.1, -0.05) is 13.3 Å². The molecule has 0 saturated carbocycles. The Bertz CT molecular complexity index is 283. The van der Waals surface area contributed by atoms with Gasteiger partial charge < -0.3 is 0 Å². The minimum absolute atomic E-state index is 0.330. The molecule has 0 saturated heterocycles. The maximum atomic E-state index is 12.4. The monoisotopic (exact) mass is 249 g/mol. The minimum Gasteiger partial charge on any atom is -0.291 e. The van der Waals surface area contributed by atoms with Gasteiger partial charge in [-0.2, -0.15) is 4.83 Å². The van der Waals surface area contributed by atoms with Crippen LogP contribution in [0.2, 0.25) is 0 Å². The van der Waals surface area contributed by atoms with Crippen LogP contribution in [0.4, 0.5) is 0 Å². The Labute approximate surface area is 96.9 Å². The Morgan fingerprint density at radius 1 is 1.38 bits per heavy atom. The van der Waals surface area contributed by atoms with E-state index in [4.69, 9.17) is 13.9 Å². The molecule has 5 nitrogen and oxygen atoms in total. The number of hydroxylamine groups is 1. The Hall–Kier alpha value is -0.350. The molecule has 1 heterocycles. The predicted molar refractivity (Wildman–Crippen MR) is 61.6 cm³/mol. The van der Waals surface area contributed by atoms with Crippen LogP contribution in [0.3, 0.4) is 0 Å². The van der Waals surface area contributed by atoms with Crippen molar-refractivity contribution in [1.82, 2.24) is 4.83 Å². The fraction of sp³-hybridized carbons (Fsp3) is 0.800. The van der Waals surface area contributed by atoms with Crippen molar-refractivity contribution in [2.24, 2.45) is 0 Å². The van der Waals surface area contributed by atoms with Crippen molar-refractivity contribution >= 4 is 7.75 Å². The molecule has 0 bridgehead atoms. The van der Waals surface area contributed by atoms with E-state index in [0.717, 1.165) is 18.5 Å². The molecular weight excluding hydrogens is 229 g/mol. The fourth-order valence-corrected chi connectivity index (χ4v) is 3.16. The van der Waals surface area contributed by atoms with Gasteiger partial charge in [-0.15, -0.1) is 0 Å². The molecule has 0 aromatic rings. The Kier molecular flexibility index (Phi) is 5.49. The van der Waals surface area contributed by atoms with Gasteiger partial charge in [0.05, 0.1) is 25.5 Å². The second kappa shape index (κ2) is 6.40. The first kappa shape index (κ1) is 13.7. The van der Waals surface area contributed by atoms with Crippen LogP contribution in [-0.4, -0.2) is 24.7 Å². The van der Waals surface area contributed by atoms with Gasteiger partial charge in [0.2, 0.25) is 0 Å². The lowest BCUT2D eigenvalue weighted by molar-refractivity contribution is -0.0556. The zero-order chi connectivity index (χ0) is 12.0. The summed E-state index contributed by atoms with van der Waals surface area (Å²) in [6, 6.07) is 0. The molecule has 0 unspecified atom stereocenters. The highest BCUT2D eigenvalue weighted by atomic mass is 31.2. The molecule has 16 heavy (non-hydrogen) atoms. The predicted octanol–water partition coefficient (Wildman–Crippen LogP) is 3.10. The first-order valence-electron chi connectivity index (χ1n) is 5.69. The average Bonchev–Trinajstić information content (AvgIpc) is 2.68. The average molecular weight is 249 g/mol. The molecule has 0 radical (unpaired) electrons. The van der Waals surface area contributed by atoms with Crippen molar-refractivity contribution in [1.29, 1.82) is 0 Å². The van der Waals surface area contributed by atoms with E-state index in [-0.39, 0.29) is 0 Å². The van der Waals surface area contributed by atoms with Crippen LogP contribution < -0.4 is 0 Å². The minimum atomic E-state index is -3.31. The molecule has 0 amide bonds. The van der Waals surface area contributed by atoms with Gasteiger partial charge in [-0.05, 0) is 26.3 Å². The van der Waals surface area contributed by atoms with E-state index in [9.17, 15) is 4.57 Å². The van der Waals surface area contributed by atoms with Crippen molar-refractivity contribution in [3.05, 3.63) is 11.8 Å². The normalized spacial score (nSPS) is 16.7. The Morgan fingerprint density at radius 3 is 2.50 bits per heavy atom. The highest BCUT2D eigenvalue weighted by Gasteiger charge is 2.37. The van der Waals surface area contributed by atoms with Crippen molar-refractivity contribution in [3.8, 4) is 0 Å². The Balaban J connectivity index is 2.78. The van der Waals surface area contributed by atoms with Crippen molar-refractivity contribution in [2.45, 2.75) is 33.6 Å².